The molecule has 1 spiro atoms. The fourth-order valence-electron chi connectivity index (χ4n) is 5.69. The third-order valence-corrected chi connectivity index (χ3v) is 6.85. The maximum absolute atomic E-state index is 12.5. The molecule has 0 radical (unpaired) electrons. The molecule has 8 atom stereocenters. The van der Waals surface area contributed by atoms with Crippen molar-refractivity contribution in [3.63, 3.8) is 0 Å². The average Bonchev–Trinajstić information content (AvgIpc) is 3.16. The lowest BCUT2D eigenvalue weighted by Crippen LogP contribution is -2.62. The Balaban J connectivity index is 1.74. The van der Waals surface area contributed by atoms with Crippen molar-refractivity contribution < 1.29 is 34.0 Å². The lowest BCUT2D eigenvalue weighted by molar-refractivity contribution is -0.180. The van der Waals surface area contributed by atoms with E-state index in [1.165, 1.54) is 6.08 Å². The number of rotatable bonds is 0. The fraction of sp³-hybridized carbons (Fsp3) is 0.750. The molecule has 5 rings (SSSR count). The van der Waals surface area contributed by atoms with Gasteiger partial charge in [0.2, 0.25) is 6.29 Å². The summed E-state index contributed by atoms with van der Waals surface area (Å²) in [5, 5.41) is 20.8. The Kier molecular flexibility index (Phi) is 2.20. The van der Waals surface area contributed by atoms with Crippen LogP contribution in [0.3, 0.4) is 0 Å². The van der Waals surface area contributed by atoms with E-state index < -0.39 is 53.0 Å². The normalized spacial score (nSPS) is 59.1. The summed E-state index contributed by atoms with van der Waals surface area (Å²) in [6.07, 6.45) is -0.855. The molecule has 7 nitrogen and oxygen atoms in total. The Morgan fingerprint density at radius 3 is 2.70 bits per heavy atom. The van der Waals surface area contributed by atoms with Crippen molar-refractivity contribution in [2.75, 3.05) is 0 Å². The molecule has 2 N–H and O–H groups in total. The fourth-order valence-corrected chi connectivity index (χ4v) is 5.69. The zero-order valence-electron chi connectivity index (χ0n) is 12.8. The molecule has 0 bridgehead atoms. The highest BCUT2D eigenvalue weighted by Gasteiger charge is 2.84. The predicted octanol–water partition coefficient (Wildman–Crippen LogP) is -0.352. The van der Waals surface area contributed by atoms with Gasteiger partial charge in [0.05, 0.1) is 11.5 Å². The van der Waals surface area contributed by atoms with Gasteiger partial charge in [-0.15, -0.1) is 0 Å². The van der Waals surface area contributed by atoms with Gasteiger partial charge in [0, 0.05) is 12.0 Å². The Morgan fingerprint density at radius 2 is 1.96 bits per heavy atom. The van der Waals surface area contributed by atoms with Gasteiger partial charge >= 0.3 is 11.9 Å². The second-order valence-electron chi connectivity index (χ2n) is 7.78. The monoisotopic (exact) mass is 322 g/mol. The van der Waals surface area contributed by atoms with Crippen molar-refractivity contribution in [2.45, 2.75) is 56.9 Å². The van der Waals surface area contributed by atoms with Gasteiger partial charge in [-0.2, -0.15) is 0 Å². The molecule has 0 aromatic heterocycles. The van der Waals surface area contributed by atoms with Crippen LogP contribution in [0.1, 0.15) is 26.7 Å². The number of carbonyl (C=O) groups is 2. The van der Waals surface area contributed by atoms with Gasteiger partial charge in [0.25, 0.3) is 0 Å². The van der Waals surface area contributed by atoms with Crippen molar-refractivity contribution in [2.24, 2.45) is 16.7 Å². The largest absolute Gasteiger partial charge is 0.459 e. The second kappa shape index (κ2) is 3.63. The van der Waals surface area contributed by atoms with Gasteiger partial charge in [0.1, 0.15) is 12.2 Å². The minimum Gasteiger partial charge on any atom is -0.459 e. The van der Waals surface area contributed by atoms with Crippen LogP contribution in [-0.4, -0.2) is 52.4 Å². The number of epoxide rings is 1. The SMILES string of the molecule is C[C@]12C(=O)O[C@@H]3[C@H]4O[C@@]45C(=CC(=O)O[C@@H]5O)[C@@](C)(CC[C@H]1O)[C@@H]32. The van der Waals surface area contributed by atoms with Crippen molar-refractivity contribution in [1.29, 1.82) is 0 Å². The van der Waals surface area contributed by atoms with Crippen molar-refractivity contribution >= 4 is 11.9 Å². The molecule has 3 heterocycles. The average molecular weight is 322 g/mol. The van der Waals surface area contributed by atoms with E-state index in [0.717, 1.165) is 0 Å². The first kappa shape index (κ1) is 13.9. The number of hydrogen-bond donors (Lipinski definition) is 2. The van der Waals surface area contributed by atoms with Crippen LogP contribution in [0.5, 0.6) is 0 Å². The summed E-state index contributed by atoms with van der Waals surface area (Å²) in [6, 6.07) is 0. The first-order valence-electron chi connectivity index (χ1n) is 7.94. The summed E-state index contributed by atoms with van der Waals surface area (Å²) in [4.78, 5) is 24.4. The minimum atomic E-state index is -1.39. The highest BCUT2D eigenvalue weighted by atomic mass is 16.7. The molecule has 2 aliphatic carbocycles. The quantitative estimate of drug-likeness (QED) is 0.464. The van der Waals surface area contributed by atoms with E-state index in [-0.39, 0.29) is 5.92 Å². The first-order valence-corrected chi connectivity index (χ1v) is 7.94. The van der Waals surface area contributed by atoms with Gasteiger partial charge < -0.3 is 24.4 Å². The zero-order valence-corrected chi connectivity index (χ0v) is 12.8. The van der Waals surface area contributed by atoms with E-state index in [2.05, 4.69) is 0 Å². The third kappa shape index (κ3) is 1.24. The van der Waals surface area contributed by atoms with Crippen molar-refractivity contribution in [3.8, 4) is 0 Å². The molecular formula is C16H18O7. The molecular weight excluding hydrogens is 304 g/mol. The molecule has 5 aliphatic rings. The minimum absolute atomic E-state index is 0.295. The molecule has 0 aromatic carbocycles. The molecule has 124 valence electrons. The van der Waals surface area contributed by atoms with Gasteiger partial charge in [-0.3, -0.25) is 4.79 Å². The number of aliphatic hydroxyl groups excluding tert-OH is 2. The topological polar surface area (TPSA) is 106 Å². The van der Waals surface area contributed by atoms with E-state index >= 15 is 0 Å². The van der Waals surface area contributed by atoms with Gasteiger partial charge in [-0.25, -0.2) is 4.79 Å². The number of esters is 2. The van der Waals surface area contributed by atoms with Crippen molar-refractivity contribution in [3.05, 3.63) is 11.6 Å². The summed E-state index contributed by atoms with van der Waals surface area (Å²) < 4.78 is 16.3. The van der Waals surface area contributed by atoms with Crippen LogP contribution in [0, 0.1) is 16.7 Å². The molecule has 3 aliphatic heterocycles. The Hall–Kier alpha value is -1.44. The summed E-state index contributed by atoms with van der Waals surface area (Å²) in [5.41, 5.74) is -2.02. The van der Waals surface area contributed by atoms with Gasteiger partial charge in [0.15, 0.2) is 5.60 Å². The molecule has 2 saturated heterocycles. The Labute approximate surface area is 132 Å². The lowest BCUT2D eigenvalue weighted by Gasteiger charge is -2.54. The number of hydrogen-bond acceptors (Lipinski definition) is 7. The summed E-state index contributed by atoms with van der Waals surface area (Å²) >= 11 is 0. The highest BCUT2D eigenvalue weighted by Crippen LogP contribution is 2.72. The molecule has 0 amide bonds. The van der Waals surface area contributed by atoms with Crippen LogP contribution in [0.25, 0.3) is 0 Å². The van der Waals surface area contributed by atoms with Crippen LogP contribution in [0.2, 0.25) is 0 Å². The molecule has 7 heteroatoms. The molecule has 0 unspecified atom stereocenters. The van der Waals surface area contributed by atoms with Crippen LogP contribution in [0.15, 0.2) is 11.6 Å². The van der Waals surface area contributed by atoms with E-state index in [1.54, 1.807) is 6.92 Å². The molecule has 4 fully saturated rings. The van der Waals surface area contributed by atoms with E-state index in [9.17, 15) is 19.8 Å². The number of aliphatic hydroxyl groups is 2. The number of cyclic esters (lactones) is 1. The van der Waals surface area contributed by atoms with E-state index in [4.69, 9.17) is 14.2 Å². The standard InChI is InChI=1S/C16H18O7/c1-14-4-3-7(17)15(2)10(14)9(22-12(15)19)11-16(23-11)6(14)5-8(18)21-13(16)20/h5,7,9-11,13,17,20H,3-4H2,1-2H3/t7-,9+,10-,11-,13+,14-,15+,16+/m1/s1. The molecule has 23 heavy (non-hydrogen) atoms. The first-order chi connectivity index (χ1) is 10.8. The van der Waals surface area contributed by atoms with Crippen LogP contribution < -0.4 is 0 Å². The van der Waals surface area contributed by atoms with Crippen molar-refractivity contribution in [1.82, 2.24) is 0 Å². The van der Waals surface area contributed by atoms with Crippen LogP contribution in [0.4, 0.5) is 0 Å². The van der Waals surface area contributed by atoms with E-state index in [0.29, 0.717) is 18.4 Å². The Morgan fingerprint density at radius 1 is 1.22 bits per heavy atom. The second-order valence-corrected chi connectivity index (χ2v) is 7.78. The third-order valence-electron chi connectivity index (χ3n) is 6.85. The summed E-state index contributed by atoms with van der Waals surface area (Å²) in [6.45, 7) is 3.70. The maximum atomic E-state index is 12.5. The van der Waals surface area contributed by atoms with Crippen LogP contribution >= 0.6 is 0 Å². The number of fused-ring (bicyclic) bond motifs is 2. The predicted molar refractivity (Wildman–Crippen MR) is 72.6 cm³/mol. The van der Waals surface area contributed by atoms with E-state index in [1.807, 2.05) is 6.92 Å². The molecule has 0 aromatic rings. The zero-order chi connectivity index (χ0) is 16.4. The summed E-state index contributed by atoms with van der Waals surface area (Å²) in [7, 11) is 0. The summed E-state index contributed by atoms with van der Waals surface area (Å²) in [5.74, 6) is -1.33. The number of ether oxygens (including phenoxy) is 3. The smallest absolute Gasteiger partial charge is 0.333 e. The van der Waals surface area contributed by atoms with Crippen LogP contribution in [-0.2, 0) is 23.8 Å². The lowest BCUT2D eigenvalue weighted by atomic mass is 9.47. The van der Waals surface area contributed by atoms with Gasteiger partial charge in [-0.05, 0) is 30.8 Å². The highest BCUT2D eigenvalue weighted by molar-refractivity contribution is 5.87. The molecule has 2 saturated carbocycles. The number of carbonyl (C=O) groups excluding carboxylic acids is 2. The Bertz CT molecular complexity index is 686. The maximum Gasteiger partial charge on any atom is 0.333 e. The van der Waals surface area contributed by atoms with Gasteiger partial charge in [-0.1, -0.05) is 6.92 Å².